The number of hydrogen-bond donors (Lipinski definition) is 1. The highest BCUT2D eigenvalue weighted by Gasteiger charge is 2.28. The topological polar surface area (TPSA) is 108 Å². The van der Waals surface area contributed by atoms with Gasteiger partial charge >= 0.3 is 5.84 Å². The molecule has 2 unspecified atom stereocenters. The Kier molecular flexibility index (Phi) is 5.99. The fourth-order valence-corrected chi connectivity index (χ4v) is 4.15. The molecule has 2 aromatic rings. The smallest absolute Gasteiger partial charge is 0.338 e. The summed E-state index contributed by atoms with van der Waals surface area (Å²) >= 11 is 0. The van der Waals surface area contributed by atoms with Gasteiger partial charge in [0.15, 0.2) is 12.6 Å². The summed E-state index contributed by atoms with van der Waals surface area (Å²) in [5, 5.41) is 12.0. The molecule has 10 nitrogen and oxygen atoms in total. The van der Waals surface area contributed by atoms with E-state index in [1.807, 2.05) is 38.3 Å². The van der Waals surface area contributed by atoms with Crippen molar-refractivity contribution in [3.63, 3.8) is 0 Å². The first-order chi connectivity index (χ1) is 16.4. The fraction of sp³-hybridized carbons (Fsp3) is 0.478. The maximum absolute atomic E-state index is 13.3. The van der Waals surface area contributed by atoms with E-state index >= 15 is 0 Å². The van der Waals surface area contributed by atoms with Crippen LogP contribution in [0.1, 0.15) is 31.9 Å². The molecular weight excluding hydrogens is 439 g/mol. The van der Waals surface area contributed by atoms with Crippen molar-refractivity contribution >= 4 is 17.6 Å². The van der Waals surface area contributed by atoms with E-state index in [9.17, 15) is 4.39 Å². The van der Waals surface area contributed by atoms with Crippen LogP contribution in [0.4, 0.5) is 4.39 Å². The van der Waals surface area contributed by atoms with Crippen LogP contribution in [0.25, 0.3) is 17.3 Å². The Labute approximate surface area is 196 Å². The minimum Gasteiger partial charge on any atom is -0.338 e. The number of aryl methyl sites for hydroxylation is 1. The summed E-state index contributed by atoms with van der Waals surface area (Å²) in [6.07, 6.45) is 8.68. The molecule has 5 rings (SSSR count). The number of aromatic nitrogens is 5. The second kappa shape index (κ2) is 9.09. The number of alkyl halides is 1. The van der Waals surface area contributed by atoms with Crippen molar-refractivity contribution in [2.45, 2.75) is 45.7 Å². The molecule has 0 saturated carbocycles. The van der Waals surface area contributed by atoms with E-state index in [-0.39, 0.29) is 5.89 Å². The summed E-state index contributed by atoms with van der Waals surface area (Å²) in [6.45, 7) is 9.50. The number of hydrogen-bond acceptors (Lipinski definition) is 8. The van der Waals surface area contributed by atoms with Gasteiger partial charge in [0.25, 0.3) is 5.89 Å². The van der Waals surface area contributed by atoms with Gasteiger partial charge in [0, 0.05) is 24.2 Å². The summed E-state index contributed by atoms with van der Waals surface area (Å²) in [4.78, 5) is 11.2. The molecule has 1 fully saturated rings. The number of ether oxygens (including phenoxy) is 1. The number of halogens is 1. The summed E-state index contributed by atoms with van der Waals surface area (Å²) in [5.41, 5.74) is 1.15. The van der Waals surface area contributed by atoms with Gasteiger partial charge in [-0.2, -0.15) is 4.98 Å². The van der Waals surface area contributed by atoms with Crippen molar-refractivity contribution < 1.29 is 13.7 Å². The monoisotopic (exact) mass is 467 g/mol. The van der Waals surface area contributed by atoms with Gasteiger partial charge in [0.05, 0.1) is 31.3 Å². The molecule has 178 valence electrons. The van der Waals surface area contributed by atoms with E-state index < -0.39 is 12.0 Å². The molecule has 1 saturated heterocycles. The highest BCUT2D eigenvalue weighted by Crippen LogP contribution is 2.30. The van der Waals surface area contributed by atoms with Gasteiger partial charge < -0.3 is 14.6 Å². The Bertz CT molecular complexity index is 1230. The zero-order chi connectivity index (χ0) is 23.7. The van der Waals surface area contributed by atoms with Crippen LogP contribution in [0.5, 0.6) is 0 Å². The average Bonchev–Trinajstić information content (AvgIpc) is 3.55. The highest BCUT2D eigenvalue weighted by atomic mass is 19.1. The molecule has 34 heavy (non-hydrogen) atoms. The first kappa shape index (κ1) is 22.4. The first-order valence-corrected chi connectivity index (χ1v) is 11.4. The first-order valence-electron chi connectivity index (χ1n) is 11.4. The predicted octanol–water partition coefficient (Wildman–Crippen LogP) is 1.45. The number of nitrogens with one attached hydrogen (secondary N) is 1. The molecule has 0 bridgehead atoms. The lowest BCUT2D eigenvalue weighted by Gasteiger charge is -2.28. The quantitative estimate of drug-likeness (QED) is 0.636. The molecule has 0 aromatic carbocycles. The van der Waals surface area contributed by atoms with Gasteiger partial charge in [-0.15, -0.1) is 5.10 Å². The number of nitrogens with zero attached hydrogens (tertiary/aromatic N) is 7. The molecule has 2 atom stereocenters. The number of allylic oxidation sites excluding steroid dienone is 3. The summed E-state index contributed by atoms with van der Waals surface area (Å²) < 4.78 is 30.4. The van der Waals surface area contributed by atoms with Crippen LogP contribution in [0.15, 0.2) is 34.4 Å². The van der Waals surface area contributed by atoms with Crippen LogP contribution in [-0.4, -0.2) is 80.0 Å². The third kappa shape index (κ3) is 4.77. The van der Waals surface area contributed by atoms with E-state index in [4.69, 9.17) is 9.26 Å². The van der Waals surface area contributed by atoms with Crippen molar-refractivity contribution in [1.29, 1.82) is 0 Å². The van der Waals surface area contributed by atoms with Crippen molar-refractivity contribution in [3.05, 3.63) is 41.5 Å². The molecule has 0 radical (unpaired) electrons. The molecular formula is C23H28FN8O2+. The van der Waals surface area contributed by atoms with E-state index in [1.54, 1.807) is 4.68 Å². The summed E-state index contributed by atoms with van der Waals surface area (Å²) in [6, 6.07) is 0. The minimum absolute atomic E-state index is 0.246. The van der Waals surface area contributed by atoms with E-state index in [2.05, 4.69) is 41.2 Å². The number of piperazine rings is 1. The van der Waals surface area contributed by atoms with Crippen LogP contribution in [0, 0.1) is 6.92 Å². The van der Waals surface area contributed by atoms with Gasteiger partial charge in [0.2, 0.25) is 11.6 Å². The van der Waals surface area contributed by atoms with Crippen molar-refractivity contribution in [1.82, 2.24) is 39.8 Å². The Morgan fingerprint density at radius 2 is 2.12 bits per heavy atom. The van der Waals surface area contributed by atoms with E-state index in [0.717, 1.165) is 49.0 Å². The highest BCUT2D eigenvalue weighted by molar-refractivity contribution is 6.04. The van der Waals surface area contributed by atoms with Gasteiger partial charge in [-0.3, -0.25) is 0 Å². The largest absolute Gasteiger partial charge is 0.370 e. The van der Waals surface area contributed by atoms with Crippen LogP contribution in [0.2, 0.25) is 0 Å². The lowest BCUT2D eigenvalue weighted by atomic mass is 9.93. The minimum atomic E-state index is -1.34. The summed E-state index contributed by atoms with van der Waals surface area (Å²) in [5.74, 6) is 2.78. The van der Waals surface area contributed by atoms with Crippen LogP contribution in [0.3, 0.4) is 0 Å². The molecule has 4 heterocycles. The van der Waals surface area contributed by atoms with Crippen molar-refractivity contribution in [2.75, 3.05) is 26.2 Å². The molecule has 0 spiro atoms. The van der Waals surface area contributed by atoms with Gasteiger partial charge in [-0.25, -0.2) is 23.6 Å². The zero-order valence-corrected chi connectivity index (χ0v) is 19.5. The third-order valence-corrected chi connectivity index (χ3v) is 5.96. The summed E-state index contributed by atoms with van der Waals surface area (Å²) in [7, 11) is 0. The van der Waals surface area contributed by atoms with E-state index in [0.29, 0.717) is 24.6 Å². The van der Waals surface area contributed by atoms with Gasteiger partial charge in [-0.1, -0.05) is 23.4 Å². The van der Waals surface area contributed by atoms with Crippen LogP contribution >= 0.6 is 0 Å². The van der Waals surface area contributed by atoms with E-state index in [1.165, 1.54) is 6.92 Å². The molecule has 1 aliphatic carbocycles. The molecule has 2 aromatic heterocycles. The number of amidine groups is 1. The van der Waals surface area contributed by atoms with Crippen molar-refractivity contribution in [2.24, 2.45) is 0 Å². The zero-order valence-electron chi connectivity index (χ0n) is 19.5. The average molecular weight is 468 g/mol. The maximum Gasteiger partial charge on any atom is 0.370 e. The van der Waals surface area contributed by atoms with Crippen LogP contribution < -0.4 is 9.98 Å². The molecule has 3 aliphatic rings. The fourth-order valence-electron chi connectivity index (χ4n) is 4.15. The molecule has 1 N–H and O–H groups in total. The van der Waals surface area contributed by atoms with Gasteiger partial charge in [0.1, 0.15) is 5.82 Å². The molecule has 2 aliphatic heterocycles. The molecule has 11 heteroatoms. The molecule has 0 amide bonds. The second-order valence-electron chi connectivity index (χ2n) is 8.81. The predicted molar refractivity (Wildman–Crippen MR) is 126 cm³/mol. The maximum atomic E-state index is 13.3. The van der Waals surface area contributed by atoms with Crippen molar-refractivity contribution in [3.8, 4) is 11.7 Å². The Morgan fingerprint density at radius 1 is 1.29 bits per heavy atom. The lowest BCUT2D eigenvalue weighted by Crippen LogP contribution is -2.46. The van der Waals surface area contributed by atoms with Gasteiger partial charge in [-0.05, 0) is 27.2 Å². The third-order valence-electron chi connectivity index (χ3n) is 5.96. The Hall–Kier alpha value is -3.40. The number of rotatable bonds is 6. The van der Waals surface area contributed by atoms with Crippen LogP contribution in [-0.2, 0) is 11.3 Å². The SMILES string of the molecule is Cc1nc(-c2nc(C3=CCC(C)(OC(C)F)C=C3)no2)nn1CC1=CC(N2CCNCC2)=[N+]=C1. The Morgan fingerprint density at radius 3 is 2.85 bits per heavy atom. The lowest BCUT2D eigenvalue weighted by molar-refractivity contribution is -0.104. The second-order valence-corrected chi connectivity index (χ2v) is 8.81. The standard InChI is InChI=1S/C23H28FN8O2/c1-15(24)33-23(3)6-4-18(5-7-23)20-28-22(34-30-20)21-27-16(2)32(29-21)14-17-12-19(26-13-17)31-10-8-25-9-11-31/h4-6,12-13,15,25H,7-11,14H2,1-3H3/q+1. The Balaban J connectivity index is 1.26. The normalized spacial score (nSPS) is 23.2.